The van der Waals surface area contributed by atoms with Gasteiger partial charge in [0.05, 0.1) is 0 Å². The Labute approximate surface area is 122 Å². The van der Waals surface area contributed by atoms with Gasteiger partial charge in [0.15, 0.2) is 0 Å². The summed E-state index contributed by atoms with van der Waals surface area (Å²) < 4.78 is 0. The van der Waals surface area contributed by atoms with Gasteiger partial charge in [0.1, 0.15) is 10.0 Å². The first-order valence-corrected chi connectivity index (χ1v) is 8.43. The van der Waals surface area contributed by atoms with Gasteiger partial charge in [0.2, 0.25) is 0 Å². The van der Waals surface area contributed by atoms with Crippen LogP contribution in [0.3, 0.4) is 0 Å². The van der Waals surface area contributed by atoms with Crippen LogP contribution in [0.2, 0.25) is 0 Å². The van der Waals surface area contributed by atoms with Crippen molar-refractivity contribution in [3.8, 4) is 10.6 Å². The van der Waals surface area contributed by atoms with Gasteiger partial charge in [-0.15, -0.1) is 22.0 Å². The molecule has 0 aliphatic heterocycles. The van der Waals surface area contributed by atoms with E-state index in [0.717, 1.165) is 28.5 Å². The van der Waals surface area contributed by atoms with Crippen LogP contribution in [0.4, 0.5) is 0 Å². The third-order valence-electron chi connectivity index (χ3n) is 2.70. The van der Waals surface area contributed by atoms with E-state index in [2.05, 4.69) is 59.9 Å². The number of hydrogen-bond donors (Lipinski definition) is 1. The van der Waals surface area contributed by atoms with Crippen LogP contribution in [-0.2, 0) is 6.42 Å². The Balaban J connectivity index is 1.99. The Hall–Kier alpha value is -0.910. The van der Waals surface area contributed by atoms with E-state index in [4.69, 9.17) is 0 Å². The summed E-state index contributed by atoms with van der Waals surface area (Å²) in [7, 11) is 0. The summed E-state index contributed by atoms with van der Waals surface area (Å²) >= 11 is 3.43. The van der Waals surface area contributed by atoms with Gasteiger partial charge in [-0.25, -0.2) is 0 Å². The first kappa shape index (κ1) is 14.5. The quantitative estimate of drug-likeness (QED) is 0.828. The largest absolute Gasteiger partial charge is 0.314 e. The minimum Gasteiger partial charge on any atom is -0.314 e. The molecule has 0 bridgehead atoms. The van der Waals surface area contributed by atoms with Gasteiger partial charge in [-0.2, -0.15) is 0 Å². The Morgan fingerprint density at radius 1 is 1.21 bits per heavy atom. The summed E-state index contributed by atoms with van der Waals surface area (Å²) in [5, 5.41) is 14.0. The predicted octanol–water partition coefficient (Wildman–Crippen LogP) is 3.47. The number of hydrogen-bond acceptors (Lipinski definition) is 5. The first-order chi connectivity index (χ1) is 9.19. The molecular weight excluding hydrogens is 274 g/mol. The molecule has 3 nitrogen and oxygen atoms in total. The van der Waals surface area contributed by atoms with Crippen LogP contribution in [0.5, 0.6) is 0 Å². The molecule has 0 amide bonds. The van der Waals surface area contributed by atoms with Crippen molar-refractivity contribution >= 4 is 23.1 Å². The van der Waals surface area contributed by atoms with E-state index in [1.807, 2.05) is 0 Å². The van der Waals surface area contributed by atoms with E-state index < -0.39 is 0 Å². The standard InChI is InChI=1S/C14H19N3S2/c1-10(2)15-9-8-13-16-17-14(19-13)11-4-6-12(18-3)7-5-11/h4-7,10,15H,8-9H2,1-3H3. The molecule has 2 aromatic rings. The first-order valence-electron chi connectivity index (χ1n) is 6.39. The second kappa shape index (κ2) is 7.03. The lowest BCUT2D eigenvalue weighted by Crippen LogP contribution is -2.24. The fourth-order valence-electron chi connectivity index (χ4n) is 1.67. The number of benzene rings is 1. The maximum absolute atomic E-state index is 4.27. The van der Waals surface area contributed by atoms with Crippen LogP contribution in [-0.4, -0.2) is 29.0 Å². The van der Waals surface area contributed by atoms with Crippen LogP contribution < -0.4 is 5.32 Å². The average Bonchev–Trinajstić information content (AvgIpc) is 2.87. The minimum absolute atomic E-state index is 0.520. The van der Waals surface area contributed by atoms with Gasteiger partial charge in [0.25, 0.3) is 0 Å². The van der Waals surface area contributed by atoms with Crippen molar-refractivity contribution in [2.45, 2.75) is 31.2 Å². The maximum Gasteiger partial charge on any atom is 0.147 e. The van der Waals surface area contributed by atoms with Crippen molar-refractivity contribution < 1.29 is 0 Å². The van der Waals surface area contributed by atoms with Crippen LogP contribution in [0.1, 0.15) is 18.9 Å². The highest BCUT2D eigenvalue weighted by atomic mass is 32.2. The highest BCUT2D eigenvalue weighted by Gasteiger charge is 2.06. The molecule has 0 radical (unpaired) electrons. The smallest absolute Gasteiger partial charge is 0.147 e. The van der Waals surface area contributed by atoms with E-state index in [-0.39, 0.29) is 0 Å². The van der Waals surface area contributed by atoms with Crippen molar-refractivity contribution in [2.75, 3.05) is 12.8 Å². The van der Waals surface area contributed by atoms with E-state index in [1.165, 1.54) is 4.90 Å². The minimum atomic E-state index is 0.520. The highest BCUT2D eigenvalue weighted by Crippen LogP contribution is 2.25. The zero-order valence-electron chi connectivity index (χ0n) is 11.5. The molecule has 1 aromatic heterocycles. The molecule has 2 rings (SSSR count). The summed E-state index contributed by atoms with van der Waals surface area (Å²) in [6, 6.07) is 9.00. The monoisotopic (exact) mass is 293 g/mol. The lowest BCUT2D eigenvalue weighted by molar-refractivity contribution is 0.588. The second-order valence-electron chi connectivity index (χ2n) is 4.59. The summed E-state index contributed by atoms with van der Waals surface area (Å²) in [6.07, 6.45) is 3.03. The summed E-state index contributed by atoms with van der Waals surface area (Å²) in [5.41, 5.74) is 1.15. The van der Waals surface area contributed by atoms with Crippen molar-refractivity contribution in [3.05, 3.63) is 29.3 Å². The number of nitrogens with one attached hydrogen (secondary N) is 1. The number of nitrogens with zero attached hydrogens (tertiary/aromatic N) is 2. The zero-order valence-corrected chi connectivity index (χ0v) is 13.1. The molecule has 1 N–H and O–H groups in total. The van der Waals surface area contributed by atoms with Crippen molar-refractivity contribution in [3.63, 3.8) is 0 Å². The molecule has 0 aliphatic carbocycles. The van der Waals surface area contributed by atoms with E-state index >= 15 is 0 Å². The van der Waals surface area contributed by atoms with E-state index in [9.17, 15) is 0 Å². The van der Waals surface area contributed by atoms with Crippen LogP contribution in [0.15, 0.2) is 29.2 Å². The maximum atomic E-state index is 4.27. The predicted molar refractivity (Wildman–Crippen MR) is 84.0 cm³/mol. The van der Waals surface area contributed by atoms with Gasteiger partial charge in [-0.1, -0.05) is 37.3 Å². The molecule has 5 heteroatoms. The number of rotatable bonds is 6. The SMILES string of the molecule is CSc1ccc(-c2nnc(CCNC(C)C)s2)cc1. The summed E-state index contributed by atoms with van der Waals surface area (Å²) in [5.74, 6) is 0. The second-order valence-corrected chi connectivity index (χ2v) is 6.53. The summed E-state index contributed by atoms with van der Waals surface area (Å²) in [6.45, 7) is 5.26. The van der Waals surface area contributed by atoms with Crippen molar-refractivity contribution in [1.82, 2.24) is 15.5 Å². The fourth-order valence-corrected chi connectivity index (χ4v) is 2.93. The normalized spacial score (nSPS) is 11.2. The van der Waals surface area contributed by atoms with Gasteiger partial charge >= 0.3 is 0 Å². The molecule has 1 aromatic carbocycles. The molecule has 0 fully saturated rings. The molecular formula is C14H19N3S2. The third-order valence-corrected chi connectivity index (χ3v) is 4.47. The van der Waals surface area contributed by atoms with Crippen LogP contribution in [0, 0.1) is 0 Å². The topological polar surface area (TPSA) is 37.8 Å². The van der Waals surface area contributed by atoms with Gasteiger partial charge < -0.3 is 5.32 Å². The molecule has 0 saturated heterocycles. The average molecular weight is 293 g/mol. The lowest BCUT2D eigenvalue weighted by Gasteiger charge is -2.05. The van der Waals surface area contributed by atoms with Crippen molar-refractivity contribution in [1.29, 1.82) is 0 Å². The number of thioether (sulfide) groups is 1. The van der Waals surface area contributed by atoms with Gasteiger partial charge in [0, 0.05) is 29.5 Å². The Kier molecular flexibility index (Phi) is 5.36. The Morgan fingerprint density at radius 3 is 2.58 bits per heavy atom. The molecule has 19 heavy (non-hydrogen) atoms. The molecule has 102 valence electrons. The molecule has 0 saturated carbocycles. The lowest BCUT2D eigenvalue weighted by atomic mass is 10.2. The van der Waals surface area contributed by atoms with Crippen LogP contribution >= 0.6 is 23.1 Å². The molecule has 0 spiro atoms. The third kappa shape index (κ3) is 4.30. The Bertz CT molecular complexity index is 506. The number of aromatic nitrogens is 2. The fraction of sp³-hybridized carbons (Fsp3) is 0.429. The Morgan fingerprint density at radius 2 is 1.95 bits per heavy atom. The highest BCUT2D eigenvalue weighted by molar-refractivity contribution is 7.98. The van der Waals surface area contributed by atoms with E-state index in [0.29, 0.717) is 6.04 Å². The molecule has 0 atom stereocenters. The van der Waals surface area contributed by atoms with Gasteiger partial charge in [-0.05, 0) is 18.4 Å². The zero-order chi connectivity index (χ0) is 13.7. The molecule has 1 heterocycles. The summed E-state index contributed by atoms with van der Waals surface area (Å²) in [4.78, 5) is 1.27. The van der Waals surface area contributed by atoms with Gasteiger partial charge in [-0.3, -0.25) is 0 Å². The molecule has 0 unspecified atom stereocenters. The molecule has 0 aliphatic rings. The van der Waals surface area contributed by atoms with E-state index in [1.54, 1.807) is 23.1 Å². The van der Waals surface area contributed by atoms with Crippen LogP contribution in [0.25, 0.3) is 10.6 Å². The van der Waals surface area contributed by atoms with Crippen molar-refractivity contribution in [2.24, 2.45) is 0 Å².